The molecule has 0 spiro atoms. The van der Waals surface area contributed by atoms with Gasteiger partial charge in [-0.05, 0) is 30.8 Å². The van der Waals surface area contributed by atoms with Crippen LogP contribution in [0.4, 0.5) is 0 Å². The largest absolute Gasteiger partial charge is 0.312 e. The van der Waals surface area contributed by atoms with E-state index >= 15 is 0 Å². The highest BCUT2D eigenvalue weighted by Gasteiger charge is 2.16. The molecule has 3 rings (SSSR count). The SMILES string of the molecule is O=c1cc(-c2cccs2)[nH]n1C[C@@H]1CCCN1. The summed E-state index contributed by atoms with van der Waals surface area (Å²) in [4.78, 5) is 12.9. The maximum atomic E-state index is 11.8. The maximum absolute atomic E-state index is 11.8. The van der Waals surface area contributed by atoms with E-state index in [1.165, 1.54) is 6.42 Å². The first-order chi connectivity index (χ1) is 8.33. The highest BCUT2D eigenvalue weighted by molar-refractivity contribution is 7.13. The molecule has 2 aromatic rings. The van der Waals surface area contributed by atoms with E-state index < -0.39 is 0 Å². The molecule has 90 valence electrons. The molecule has 0 aliphatic carbocycles. The van der Waals surface area contributed by atoms with Crippen molar-refractivity contribution in [3.05, 3.63) is 33.9 Å². The van der Waals surface area contributed by atoms with Gasteiger partial charge in [-0.1, -0.05) is 6.07 Å². The van der Waals surface area contributed by atoms with Crippen LogP contribution in [0.25, 0.3) is 10.6 Å². The van der Waals surface area contributed by atoms with Crippen LogP contribution in [0, 0.1) is 0 Å². The van der Waals surface area contributed by atoms with Gasteiger partial charge in [0, 0.05) is 12.1 Å². The molecule has 1 saturated heterocycles. The number of aromatic amines is 1. The number of aromatic nitrogens is 2. The normalized spacial score (nSPS) is 19.9. The molecule has 5 heteroatoms. The third-order valence-corrected chi connectivity index (χ3v) is 4.04. The molecule has 1 fully saturated rings. The topological polar surface area (TPSA) is 49.8 Å². The van der Waals surface area contributed by atoms with Crippen LogP contribution in [0.5, 0.6) is 0 Å². The summed E-state index contributed by atoms with van der Waals surface area (Å²) in [6.07, 6.45) is 2.36. The molecule has 4 nitrogen and oxygen atoms in total. The minimum atomic E-state index is 0.0575. The highest BCUT2D eigenvalue weighted by Crippen LogP contribution is 2.21. The van der Waals surface area contributed by atoms with Gasteiger partial charge in [-0.2, -0.15) is 0 Å². The number of nitrogens with one attached hydrogen (secondary N) is 2. The zero-order valence-electron chi connectivity index (χ0n) is 9.48. The smallest absolute Gasteiger partial charge is 0.267 e. The molecule has 1 aliphatic heterocycles. The quantitative estimate of drug-likeness (QED) is 0.869. The first-order valence-corrected chi connectivity index (χ1v) is 6.78. The van der Waals surface area contributed by atoms with E-state index in [0.717, 1.165) is 30.1 Å². The van der Waals surface area contributed by atoms with E-state index in [9.17, 15) is 4.79 Å². The van der Waals surface area contributed by atoms with E-state index in [-0.39, 0.29) is 5.56 Å². The highest BCUT2D eigenvalue weighted by atomic mass is 32.1. The minimum absolute atomic E-state index is 0.0575. The molecule has 2 aromatic heterocycles. The Hall–Kier alpha value is -1.33. The van der Waals surface area contributed by atoms with Gasteiger partial charge in [-0.3, -0.25) is 14.6 Å². The lowest BCUT2D eigenvalue weighted by Crippen LogP contribution is -2.31. The van der Waals surface area contributed by atoms with E-state index in [1.54, 1.807) is 22.1 Å². The summed E-state index contributed by atoms with van der Waals surface area (Å²) in [5, 5.41) is 8.60. The van der Waals surface area contributed by atoms with Gasteiger partial charge in [0.15, 0.2) is 0 Å². The number of hydrogen-bond acceptors (Lipinski definition) is 3. The van der Waals surface area contributed by atoms with Crippen molar-refractivity contribution in [2.75, 3.05) is 6.54 Å². The lowest BCUT2D eigenvalue weighted by atomic mass is 10.2. The monoisotopic (exact) mass is 249 g/mol. The van der Waals surface area contributed by atoms with Crippen LogP contribution >= 0.6 is 11.3 Å². The van der Waals surface area contributed by atoms with Crippen LogP contribution in [-0.2, 0) is 6.54 Å². The Labute approximate surface area is 103 Å². The maximum Gasteiger partial charge on any atom is 0.267 e. The molecular weight excluding hydrogens is 234 g/mol. The van der Waals surface area contributed by atoms with Gasteiger partial charge in [0.05, 0.1) is 17.1 Å². The Morgan fingerprint density at radius 3 is 3.18 bits per heavy atom. The van der Waals surface area contributed by atoms with Gasteiger partial charge in [-0.25, -0.2) is 0 Å². The number of H-pyrrole nitrogens is 1. The molecule has 1 aliphatic rings. The molecule has 0 radical (unpaired) electrons. The molecule has 1 atom stereocenters. The van der Waals surface area contributed by atoms with Crippen molar-refractivity contribution >= 4 is 11.3 Å². The molecule has 0 bridgehead atoms. The standard InChI is InChI=1S/C12H15N3OS/c16-12-7-10(11-4-2-6-17-11)14-15(12)8-9-3-1-5-13-9/h2,4,6-7,9,13-14H,1,3,5,8H2/t9-/m0/s1. The third-order valence-electron chi connectivity index (χ3n) is 3.14. The Kier molecular flexibility index (Phi) is 2.86. The Morgan fingerprint density at radius 2 is 2.47 bits per heavy atom. The summed E-state index contributed by atoms with van der Waals surface area (Å²) in [6, 6.07) is 6.13. The van der Waals surface area contributed by atoms with Crippen LogP contribution in [0.2, 0.25) is 0 Å². The second-order valence-corrected chi connectivity index (χ2v) is 5.34. The zero-order chi connectivity index (χ0) is 11.7. The first kappa shape index (κ1) is 10.8. The summed E-state index contributed by atoms with van der Waals surface area (Å²) in [6.45, 7) is 1.81. The van der Waals surface area contributed by atoms with Crippen LogP contribution < -0.4 is 10.9 Å². The molecule has 0 amide bonds. The lowest BCUT2D eigenvalue weighted by molar-refractivity contribution is 0.468. The number of thiophene rings is 1. The van der Waals surface area contributed by atoms with Gasteiger partial charge in [0.1, 0.15) is 0 Å². The number of hydrogen-bond donors (Lipinski definition) is 2. The Morgan fingerprint density at radius 1 is 1.53 bits per heavy atom. The Bertz CT molecular complexity index is 534. The van der Waals surface area contributed by atoms with Gasteiger partial charge in [0.25, 0.3) is 5.56 Å². The van der Waals surface area contributed by atoms with Crippen molar-refractivity contribution < 1.29 is 0 Å². The van der Waals surface area contributed by atoms with Crippen LogP contribution in [0.3, 0.4) is 0 Å². The Balaban J connectivity index is 1.83. The van der Waals surface area contributed by atoms with Crippen molar-refractivity contribution in [3.63, 3.8) is 0 Å². The summed E-state index contributed by atoms with van der Waals surface area (Å²) in [5.74, 6) is 0. The van der Waals surface area contributed by atoms with Crippen molar-refractivity contribution in [1.29, 1.82) is 0 Å². The van der Waals surface area contributed by atoms with Crippen molar-refractivity contribution in [2.24, 2.45) is 0 Å². The van der Waals surface area contributed by atoms with Crippen LogP contribution in [0.1, 0.15) is 12.8 Å². The van der Waals surface area contributed by atoms with E-state index in [4.69, 9.17) is 0 Å². The predicted molar refractivity (Wildman–Crippen MR) is 69.4 cm³/mol. The van der Waals surface area contributed by atoms with Gasteiger partial charge >= 0.3 is 0 Å². The van der Waals surface area contributed by atoms with E-state index in [0.29, 0.717) is 6.04 Å². The molecule has 3 heterocycles. The molecule has 0 aromatic carbocycles. The number of nitrogens with zero attached hydrogens (tertiary/aromatic N) is 1. The van der Waals surface area contributed by atoms with Crippen molar-refractivity contribution in [2.45, 2.75) is 25.4 Å². The molecular formula is C12H15N3OS. The predicted octanol–water partition coefficient (Wildman–Crippen LogP) is 1.66. The fourth-order valence-corrected chi connectivity index (χ4v) is 2.95. The van der Waals surface area contributed by atoms with Gasteiger partial charge in [-0.15, -0.1) is 11.3 Å². The van der Waals surface area contributed by atoms with Crippen LogP contribution in [0.15, 0.2) is 28.4 Å². The summed E-state index contributed by atoms with van der Waals surface area (Å²) in [5.41, 5.74) is 0.977. The zero-order valence-corrected chi connectivity index (χ0v) is 10.3. The number of rotatable bonds is 3. The van der Waals surface area contributed by atoms with Crippen molar-refractivity contribution in [1.82, 2.24) is 15.1 Å². The average molecular weight is 249 g/mol. The summed E-state index contributed by atoms with van der Waals surface area (Å²) < 4.78 is 1.71. The molecule has 17 heavy (non-hydrogen) atoms. The van der Waals surface area contributed by atoms with Crippen molar-refractivity contribution in [3.8, 4) is 10.6 Å². The minimum Gasteiger partial charge on any atom is -0.312 e. The second kappa shape index (κ2) is 4.50. The fourth-order valence-electron chi connectivity index (χ4n) is 2.26. The van der Waals surface area contributed by atoms with E-state index in [1.807, 2.05) is 17.5 Å². The molecule has 0 saturated carbocycles. The molecule has 2 N–H and O–H groups in total. The summed E-state index contributed by atoms with van der Waals surface area (Å²) in [7, 11) is 0. The van der Waals surface area contributed by atoms with Crippen LogP contribution in [-0.4, -0.2) is 22.4 Å². The second-order valence-electron chi connectivity index (χ2n) is 4.39. The summed E-state index contributed by atoms with van der Waals surface area (Å²) >= 11 is 1.64. The molecule has 0 unspecified atom stereocenters. The van der Waals surface area contributed by atoms with Gasteiger partial charge < -0.3 is 5.32 Å². The first-order valence-electron chi connectivity index (χ1n) is 5.90. The average Bonchev–Trinajstić information content (AvgIpc) is 3.02. The third kappa shape index (κ3) is 2.21. The van der Waals surface area contributed by atoms with Gasteiger partial charge in [0.2, 0.25) is 0 Å². The van der Waals surface area contributed by atoms with E-state index in [2.05, 4.69) is 10.4 Å². The lowest BCUT2D eigenvalue weighted by Gasteiger charge is -2.09. The fraction of sp³-hybridized carbons (Fsp3) is 0.417.